The Hall–Kier alpha value is -1.10. The van der Waals surface area contributed by atoms with Crippen molar-refractivity contribution in [3.05, 3.63) is 5.28 Å². The molecule has 0 spiro atoms. The lowest BCUT2D eigenvalue weighted by Crippen LogP contribution is -2.26. The molecule has 0 amide bonds. The maximum atomic E-state index is 5.88. The smallest absolute Gasteiger partial charge is 0.322 e. The number of anilines is 1. The van der Waals surface area contributed by atoms with Gasteiger partial charge in [0, 0.05) is 13.6 Å². The molecule has 0 N–H and O–H groups in total. The van der Waals surface area contributed by atoms with Crippen molar-refractivity contribution in [1.82, 2.24) is 15.0 Å². The quantitative estimate of drug-likeness (QED) is 0.797. The Balaban J connectivity index is 2.84. The van der Waals surface area contributed by atoms with Gasteiger partial charge in [-0.05, 0) is 31.4 Å². The van der Waals surface area contributed by atoms with Gasteiger partial charge in [-0.1, -0.05) is 20.3 Å². The van der Waals surface area contributed by atoms with Gasteiger partial charge in [-0.3, -0.25) is 0 Å². The van der Waals surface area contributed by atoms with E-state index in [-0.39, 0.29) is 17.4 Å². The van der Waals surface area contributed by atoms with E-state index >= 15 is 0 Å². The highest BCUT2D eigenvalue weighted by atomic mass is 35.5. The molecule has 102 valence electrons. The van der Waals surface area contributed by atoms with Crippen LogP contribution in [-0.4, -0.2) is 34.6 Å². The molecule has 1 unspecified atom stereocenters. The van der Waals surface area contributed by atoms with Crippen LogP contribution in [0.15, 0.2) is 0 Å². The second-order valence-corrected chi connectivity index (χ2v) is 5.09. The Morgan fingerprint density at radius 1 is 1.22 bits per heavy atom. The molecule has 1 aromatic heterocycles. The van der Waals surface area contributed by atoms with Gasteiger partial charge in [0.2, 0.25) is 11.2 Å². The summed E-state index contributed by atoms with van der Waals surface area (Å²) < 4.78 is 5.44. The van der Waals surface area contributed by atoms with E-state index in [2.05, 4.69) is 28.8 Å². The lowest BCUT2D eigenvalue weighted by molar-refractivity contribution is 0.221. The lowest BCUT2D eigenvalue weighted by Gasteiger charge is -2.21. The normalized spacial score (nSPS) is 12.6. The third-order valence-corrected chi connectivity index (χ3v) is 2.71. The van der Waals surface area contributed by atoms with Gasteiger partial charge < -0.3 is 9.64 Å². The molecule has 1 aromatic rings. The number of rotatable bonds is 6. The number of ether oxygens (including phenoxy) is 1. The predicted molar refractivity (Wildman–Crippen MR) is 73.3 cm³/mol. The number of aromatic nitrogens is 3. The van der Waals surface area contributed by atoms with Crippen molar-refractivity contribution in [3.63, 3.8) is 0 Å². The fourth-order valence-electron chi connectivity index (χ4n) is 1.43. The molecular weight excluding hydrogens is 252 g/mol. The van der Waals surface area contributed by atoms with Crippen molar-refractivity contribution >= 4 is 17.5 Å². The monoisotopic (exact) mass is 272 g/mol. The Bertz CT molecular complexity index is 386. The summed E-state index contributed by atoms with van der Waals surface area (Å²) in [6.45, 7) is 9.05. The molecule has 0 bridgehead atoms. The van der Waals surface area contributed by atoms with Crippen LogP contribution in [0.4, 0.5) is 5.95 Å². The van der Waals surface area contributed by atoms with E-state index in [1.54, 1.807) is 0 Å². The van der Waals surface area contributed by atoms with Gasteiger partial charge >= 0.3 is 6.01 Å². The summed E-state index contributed by atoms with van der Waals surface area (Å²) >= 11 is 5.88. The molecule has 0 aliphatic heterocycles. The first-order chi connectivity index (χ1) is 8.42. The van der Waals surface area contributed by atoms with Crippen LogP contribution in [0.5, 0.6) is 6.01 Å². The molecule has 6 heteroatoms. The van der Waals surface area contributed by atoms with Crippen LogP contribution in [0.2, 0.25) is 5.28 Å². The van der Waals surface area contributed by atoms with Crippen LogP contribution < -0.4 is 9.64 Å². The molecule has 0 saturated heterocycles. The number of nitrogens with zero attached hydrogens (tertiary/aromatic N) is 4. The summed E-state index contributed by atoms with van der Waals surface area (Å²) in [4.78, 5) is 14.3. The standard InChI is InChI=1S/C12H21ClN4O/c1-6-9(4)7-17(5)11-14-10(13)15-12(16-11)18-8(2)3/h8-9H,6-7H2,1-5H3. The Labute approximate surface area is 114 Å². The van der Waals surface area contributed by atoms with E-state index in [0.717, 1.165) is 13.0 Å². The largest absolute Gasteiger partial charge is 0.461 e. The minimum atomic E-state index is 0.0104. The van der Waals surface area contributed by atoms with E-state index in [9.17, 15) is 0 Å². The first-order valence-corrected chi connectivity index (χ1v) is 6.59. The maximum absolute atomic E-state index is 5.88. The second kappa shape index (κ2) is 6.73. The van der Waals surface area contributed by atoms with E-state index in [1.807, 2.05) is 25.8 Å². The number of hydrogen-bond acceptors (Lipinski definition) is 5. The van der Waals surface area contributed by atoms with Crippen LogP contribution in [0, 0.1) is 5.92 Å². The first kappa shape index (κ1) is 15.0. The van der Waals surface area contributed by atoms with Gasteiger partial charge in [-0.2, -0.15) is 15.0 Å². The predicted octanol–water partition coefficient (Wildman–Crippen LogP) is 2.79. The van der Waals surface area contributed by atoms with E-state index < -0.39 is 0 Å². The zero-order valence-corrected chi connectivity index (χ0v) is 12.4. The maximum Gasteiger partial charge on any atom is 0.322 e. The summed E-state index contributed by atoms with van der Waals surface area (Å²) in [5.41, 5.74) is 0. The molecule has 0 radical (unpaired) electrons. The summed E-state index contributed by atoms with van der Waals surface area (Å²) in [6, 6.07) is 0.274. The van der Waals surface area contributed by atoms with E-state index in [4.69, 9.17) is 16.3 Å². The average molecular weight is 273 g/mol. The molecule has 1 atom stereocenters. The molecule has 1 rings (SSSR count). The van der Waals surface area contributed by atoms with Crippen LogP contribution in [0.25, 0.3) is 0 Å². The molecule has 18 heavy (non-hydrogen) atoms. The lowest BCUT2D eigenvalue weighted by atomic mass is 10.1. The highest BCUT2D eigenvalue weighted by Gasteiger charge is 2.13. The molecule has 0 saturated carbocycles. The molecule has 1 heterocycles. The van der Waals surface area contributed by atoms with Gasteiger partial charge in [0.25, 0.3) is 0 Å². The SMILES string of the molecule is CCC(C)CN(C)c1nc(Cl)nc(OC(C)C)n1. The van der Waals surface area contributed by atoms with E-state index in [1.165, 1.54) is 0 Å². The Morgan fingerprint density at radius 2 is 1.89 bits per heavy atom. The van der Waals surface area contributed by atoms with Crippen LogP contribution in [0.3, 0.4) is 0 Å². The summed E-state index contributed by atoms with van der Waals surface area (Å²) in [5.74, 6) is 1.12. The average Bonchev–Trinajstić information content (AvgIpc) is 2.26. The zero-order valence-electron chi connectivity index (χ0n) is 11.6. The summed E-state index contributed by atoms with van der Waals surface area (Å²) in [6.07, 6.45) is 1.12. The molecule has 0 aliphatic rings. The second-order valence-electron chi connectivity index (χ2n) is 4.75. The minimum Gasteiger partial charge on any atom is -0.461 e. The van der Waals surface area contributed by atoms with Crippen molar-refractivity contribution in [2.75, 3.05) is 18.5 Å². The van der Waals surface area contributed by atoms with Crippen LogP contribution in [-0.2, 0) is 0 Å². The van der Waals surface area contributed by atoms with E-state index in [0.29, 0.717) is 11.9 Å². The van der Waals surface area contributed by atoms with Crippen molar-refractivity contribution in [2.45, 2.75) is 40.2 Å². The topological polar surface area (TPSA) is 51.1 Å². The first-order valence-electron chi connectivity index (χ1n) is 6.21. The molecule has 5 nitrogen and oxygen atoms in total. The van der Waals surface area contributed by atoms with Gasteiger partial charge in [0.15, 0.2) is 0 Å². The van der Waals surface area contributed by atoms with Crippen molar-refractivity contribution < 1.29 is 4.74 Å². The molecule has 0 fully saturated rings. The third kappa shape index (κ3) is 4.64. The van der Waals surface area contributed by atoms with Crippen molar-refractivity contribution in [3.8, 4) is 6.01 Å². The summed E-state index contributed by atoms with van der Waals surface area (Å²) in [7, 11) is 1.94. The molecular formula is C12H21ClN4O. The number of hydrogen-bond donors (Lipinski definition) is 0. The van der Waals surface area contributed by atoms with Gasteiger partial charge in [-0.25, -0.2) is 0 Å². The minimum absolute atomic E-state index is 0.0104. The van der Waals surface area contributed by atoms with Crippen LogP contribution >= 0.6 is 11.6 Å². The van der Waals surface area contributed by atoms with Gasteiger partial charge in [0.1, 0.15) is 0 Å². The van der Waals surface area contributed by atoms with Crippen molar-refractivity contribution in [2.24, 2.45) is 5.92 Å². The Morgan fingerprint density at radius 3 is 2.44 bits per heavy atom. The third-order valence-electron chi connectivity index (χ3n) is 2.54. The molecule has 0 aromatic carbocycles. The van der Waals surface area contributed by atoms with Gasteiger partial charge in [0.05, 0.1) is 6.10 Å². The highest BCUT2D eigenvalue weighted by molar-refractivity contribution is 6.28. The fraction of sp³-hybridized carbons (Fsp3) is 0.750. The zero-order chi connectivity index (χ0) is 13.7. The number of halogens is 1. The van der Waals surface area contributed by atoms with Crippen LogP contribution in [0.1, 0.15) is 34.1 Å². The highest BCUT2D eigenvalue weighted by Crippen LogP contribution is 2.16. The Kier molecular flexibility index (Phi) is 5.59. The summed E-state index contributed by atoms with van der Waals surface area (Å²) in [5, 5.41) is 0.159. The fourth-order valence-corrected chi connectivity index (χ4v) is 1.58. The van der Waals surface area contributed by atoms with Crippen molar-refractivity contribution in [1.29, 1.82) is 0 Å². The molecule has 0 aliphatic carbocycles. The van der Waals surface area contributed by atoms with Gasteiger partial charge in [-0.15, -0.1) is 0 Å².